The van der Waals surface area contributed by atoms with Gasteiger partial charge in [-0.3, -0.25) is 0 Å². The average molecular weight is 392 g/mol. The summed E-state index contributed by atoms with van der Waals surface area (Å²) >= 11 is 2.36. The van der Waals surface area contributed by atoms with Crippen molar-refractivity contribution >= 4 is 22.6 Å². The first-order valence-electron chi connectivity index (χ1n) is 6.96. The Morgan fingerprint density at radius 3 is 2.35 bits per heavy atom. The number of aryl methyl sites for hydroxylation is 1. The molecule has 0 aliphatic heterocycles. The second kappa shape index (κ2) is 10.5. The van der Waals surface area contributed by atoms with E-state index in [0.29, 0.717) is 12.7 Å². The van der Waals surface area contributed by atoms with Crippen LogP contribution in [-0.2, 0) is 20.6 Å². The van der Waals surface area contributed by atoms with Crippen LogP contribution in [0.2, 0.25) is 0 Å². The molecule has 0 spiro atoms. The second-order valence-corrected chi connectivity index (χ2v) is 5.80. The van der Waals surface area contributed by atoms with Crippen LogP contribution in [0.1, 0.15) is 18.9 Å². The molecule has 0 bridgehead atoms. The Kier molecular flexibility index (Phi) is 9.42. The smallest absolute Gasteiger partial charge is 0.146 e. The Labute approximate surface area is 136 Å². The molecular weight excluding hydrogens is 367 g/mol. The van der Waals surface area contributed by atoms with Gasteiger partial charge in [0, 0.05) is 24.6 Å². The van der Waals surface area contributed by atoms with Crippen LogP contribution < -0.4 is 0 Å². The lowest BCUT2D eigenvalue weighted by Gasteiger charge is -2.29. The molecule has 0 radical (unpaired) electrons. The molecule has 0 heterocycles. The van der Waals surface area contributed by atoms with E-state index < -0.39 is 0 Å². The molecule has 1 aromatic rings. The molecule has 0 aliphatic carbocycles. The van der Waals surface area contributed by atoms with E-state index in [0.717, 1.165) is 17.3 Å². The molecule has 20 heavy (non-hydrogen) atoms. The summed E-state index contributed by atoms with van der Waals surface area (Å²) in [4.78, 5) is 0. The Bertz CT molecular complexity index is 341. The fourth-order valence-corrected chi connectivity index (χ4v) is 3.43. The van der Waals surface area contributed by atoms with Gasteiger partial charge < -0.3 is 14.2 Å². The molecule has 0 N–H and O–H groups in total. The van der Waals surface area contributed by atoms with Crippen molar-refractivity contribution in [1.82, 2.24) is 0 Å². The van der Waals surface area contributed by atoms with E-state index in [4.69, 9.17) is 14.2 Å². The summed E-state index contributed by atoms with van der Waals surface area (Å²) in [5, 5.41) is 0. The highest BCUT2D eigenvalue weighted by atomic mass is 127. The minimum Gasteiger partial charge on any atom is -0.380 e. The van der Waals surface area contributed by atoms with Crippen LogP contribution in [0, 0.1) is 5.92 Å². The molecule has 0 unspecified atom stereocenters. The molecule has 3 atom stereocenters. The summed E-state index contributed by atoms with van der Waals surface area (Å²) in [6.45, 7) is 2.53. The van der Waals surface area contributed by atoms with Crippen LogP contribution in [0.5, 0.6) is 0 Å². The first kappa shape index (κ1) is 17.9. The highest BCUT2D eigenvalue weighted by molar-refractivity contribution is 14.1. The molecule has 114 valence electrons. The zero-order valence-electron chi connectivity index (χ0n) is 12.5. The van der Waals surface area contributed by atoms with E-state index in [-0.39, 0.29) is 12.2 Å². The number of ether oxygens (including phenoxy) is 3. The largest absolute Gasteiger partial charge is 0.380 e. The van der Waals surface area contributed by atoms with Crippen LogP contribution in [0.25, 0.3) is 0 Å². The molecule has 0 saturated heterocycles. The van der Waals surface area contributed by atoms with Crippen molar-refractivity contribution in [3.63, 3.8) is 0 Å². The summed E-state index contributed by atoms with van der Waals surface area (Å²) in [6, 6.07) is 10.5. The predicted octanol–water partition coefficient (Wildman–Crippen LogP) is 3.69. The Hall–Kier alpha value is -0.170. The molecule has 3 nitrogen and oxygen atoms in total. The van der Waals surface area contributed by atoms with Gasteiger partial charge in [-0.1, -0.05) is 59.8 Å². The van der Waals surface area contributed by atoms with E-state index in [1.807, 2.05) is 6.07 Å². The lowest BCUT2D eigenvalue weighted by atomic mass is 9.93. The molecule has 1 rings (SSSR count). The van der Waals surface area contributed by atoms with Crippen molar-refractivity contribution in [2.45, 2.75) is 32.0 Å². The number of alkyl halides is 1. The third kappa shape index (κ3) is 6.08. The lowest BCUT2D eigenvalue weighted by molar-refractivity contribution is -0.109. The standard InChI is InChI=1S/C16H25IO3/c1-13(16(11-17)19-3)15(20-12-18-2)10-9-14-7-5-4-6-8-14/h4-8,13,15-16H,9-12H2,1-3H3/t13-,15+,16-/m0/s1. The summed E-state index contributed by atoms with van der Waals surface area (Å²) in [5.74, 6) is 0.343. The van der Waals surface area contributed by atoms with Gasteiger partial charge in [0.2, 0.25) is 0 Å². The first-order valence-corrected chi connectivity index (χ1v) is 8.48. The molecule has 1 aromatic carbocycles. The lowest BCUT2D eigenvalue weighted by Crippen LogP contribution is -2.34. The summed E-state index contributed by atoms with van der Waals surface area (Å²) in [5.41, 5.74) is 1.34. The van der Waals surface area contributed by atoms with Gasteiger partial charge in [0.25, 0.3) is 0 Å². The van der Waals surface area contributed by atoms with E-state index >= 15 is 0 Å². The van der Waals surface area contributed by atoms with Crippen molar-refractivity contribution in [2.75, 3.05) is 25.4 Å². The van der Waals surface area contributed by atoms with Crippen molar-refractivity contribution in [1.29, 1.82) is 0 Å². The van der Waals surface area contributed by atoms with Gasteiger partial charge in [0.15, 0.2) is 0 Å². The molecule has 0 fully saturated rings. The van der Waals surface area contributed by atoms with E-state index in [2.05, 4.69) is 53.8 Å². The topological polar surface area (TPSA) is 27.7 Å². The number of hydrogen-bond acceptors (Lipinski definition) is 3. The molecule has 0 aromatic heterocycles. The van der Waals surface area contributed by atoms with Crippen molar-refractivity contribution in [3.8, 4) is 0 Å². The van der Waals surface area contributed by atoms with Crippen LogP contribution in [-0.4, -0.2) is 37.6 Å². The summed E-state index contributed by atoms with van der Waals surface area (Å²) < 4.78 is 17.4. The molecule has 0 saturated carbocycles. The first-order chi connectivity index (χ1) is 9.72. The monoisotopic (exact) mass is 392 g/mol. The Balaban J connectivity index is 2.58. The maximum Gasteiger partial charge on any atom is 0.146 e. The minimum absolute atomic E-state index is 0.148. The van der Waals surface area contributed by atoms with Gasteiger partial charge in [-0.25, -0.2) is 0 Å². The van der Waals surface area contributed by atoms with Crippen LogP contribution >= 0.6 is 22.6 Å². The van der Waals surface area contributed by atoms with Gasteiger partial charge in [0.1, 0.15) is 6.79 Å². The second-order valence-electron chi connectivity index (χ2n) is 4.92. The molecule has 0 amide bonds. The third-order valence-electron chi connectivity index (χ3n) is 3.59. The van der Waals surface area contributed by atoms with Gasteiger partial charge in [-0.15, -0.1) is 0 Å². The van der Waals surface area contributed by atoms with Crippen molar-refractivity contribution < 1.29 is 14.2 Å². The minimum atomic E-state index is 0.148. The van der Waals surface area contributed by atoms with Gasteiger partial charge in [0.05, 0.1) is 12.2 Å². The van der Waals surface area contributed by atoms with Gasteiger partial charge in [-0.2, -0.15) is 0 Å². The maximum absolute atomic E-state index is 5.85. The zero-order chi connectivity index (χ0) is 14.8. The predicted molar refractivity (Wildman–Crippen MR) is 90.4 cm³/mol. The molecule has 0 aliphatic rings. The van der Waals surface area contributed by atoms with E-state index in [1.165, 1.54) is 5.56 Å². The quantitative estimate of drug-likeness (QED) is 0.345. The number of rotatable bonds is 10. The maximum atomic E-state index is 5.85. The highest BCUT2D eigenvalue weighted by Crippen LogP contribution is 2.21. The van der Waals surface area contributed by atoms with Gasteiger partial charge >= 0.3 is 0 Å². The Morgan fingerprint density at radius 1 is 1.10 bits per heavy atom. The zero-order valence-corrected chi connectivity index (χ0v) is 14.7. The highest BCUT2D eigenvalue weighted by Gasteiger charge is 2.25. The van der Waals surface area contributed by atoms with Crippen molar-refractivity contribution in [3.05, 3.63) is 35.9 Å². The molecule has 4 heteroatoms. The normalized spacial score (nSPS) is 15.8. The SMILES string of the molecule is COCO[C@H](CCc1ccccc1)[C@H](C)[C@H](CI)OC. The number of benzene rings is 1. The van der Waals surface area contributed by atoms with E-state index in [9.17, 15) is 0 Å². The summed E-state index contributed by atoms with van der Waals surface area (Å²) in [7, 11) is 3.43. The van der Waals surface area contributed by atoms with Crippen LogP contribution in [0.4, 0.5) is 0 Å². The fraction of sp³-hybridized carbons (Fsp3) is 0.625. The number of halogens is 1. The van der Waals surface area contributed by atoms with E-state index in [1.54, 1.807) is 14.2 Å². The Morgan fingerprint density at radius 2 is 1.80 bits per heavy atom. The van der Waals surface area contributed by atoms with Crippen LogP contribution in [0.3, 0.4) is 0 Å². The van der Waals surface area contributed by atoms with Crippen molar-refractivity contribution in [2.24, 2.45) is 5.92 Å². The van der Waals surface area contributed by atoms with Crippen LogP contribution in [0.15, 0.2) is 30.3 Å². The average Bonchev–Trinajstić information content (AvgIpc) is 2.49. The summed E-state index contributed by atoms with van der Waals surface area (Å²) in [6.07, 6.45) is 2.35. The number of hydrogen-bond donors (Lipinski definition) is 0. The molecular formula is C16H25IO3. The van der Waals surface area contributed by atoms with Gasteiger partial charge in [-0.05, 0) is 18.4 Å². The third-order valence-corrected chi connectivity index (χ3v) is 4.46. The number of methoxy groups -OCH3 is 2. The fourth-order valence-electron chi connectivity index (χ4n) is 2.26.